The number of benzene rings is 2. The maximum absolute atomic E-state index is 12.1. The van der Waals surface area contributed by atoms with Crippen LogP contribution in [0.2, 0.25) is 0 Å². The highest BCUT2D eigenvalue weighted by molar-refractivity contribution is 9.10. The van der Waals surface area contributed by atoms with Crippen LogP contribution in [0.3, 0.4) is 0 Å². The number of thioether (sulfide) groups is 1. The number of carbonyl (C=O) groups is 1. The summed E-state index contributed by atoms with van der Waals surface area (Å²) < 4.78 is 6.49. The fourth-order valence-electron chi connectivity index (χ4n) is 1.90. The second-order valence-corrected chi connectivity index (χ2v) is 6.56. The number of aromatic nitrogens is 2. The zero-order valence-corrected chi connectivity index (χ0v) is 14.3. The van der Waals surface area contributed by atoms with Crippen LogP contribution in [-0.2, 0) is 0 Å². The van der Waals surface area contributed by atoms with Crippen molar-refractivity contribution < 1.29 is 9.21 Å². The monoisotopic (exact) mass is 389 g/mol. The number of anilines is 1. The largest absolute Gasteiger partial charge is 0.411 e. The molecule has 3 aromatic rings. The third-order valence-electron chi connectivity index (χ3n) is 3.03. The first-order valence-electron chi connectivity index (χ1n) is 6.73. The Morgan fingerprint density at radius 2 is 1.96 bits per heavy atom. The molecule has 3 rings (SSSR count). The molecule has 0 saturated carbocycles. The van der Waals surface area contributed by atoms with E-state index in [4.69, 9.17) is 10.2 Å². The molecule has 0 aliphatic rings. The molecule has 2 N–H and O–H groups in total. The van der Waals surface area contributed by atoms with Gasteiger partial charge in [0.05, 0.1) is 5.75 Å². The van der Waals surface area contributed by atoms with E-state index in [1.807, 2.05) is 24.3 Å². The van der Waals surface area contributed by atoms with Gasteiger partial charge in [-0.2, -0.15) is 0 Å². The van der Waals surface area contributed by atoms with Crippen molar-refractivity contribution in [3.05, 3.63) is 58.6 Å². The van der Waals surface area contributed by atoms with E-state index in [9.17, 15) is 4.79 Å². The summed E-state index contributed by atoms with van der Waals surface area (Å²) in [5, 5.41) is 8.28. The summed E-state index contributed by atoms with van der Waals surface area (Å²) in [5.41, 5.74) is 7.76. The molecule has 116 valence electrons. The molecule has 0 radical (unpaired) electrons. The van der Waals surface area contributed by atoms with Gasteiger partial charge in [0.15, 0.2) is 5.78 Å². The average molecular weight is 390 g/mol. The van der Waals surface area contributed by atoms with E-state index >= 15 is 0 Å². The Morgan fingerprint density at radius 1 is 1.17 bits per heavy atom. The highest BCUT2D eigenvalue weighted by atomic mass is 79.9. The molecular weight excluding hydrogens is 378 g/mol. The molecule has 0 fully saturated rings. The molecule has 0 amide bonds. The molecule has 1 aromatic heterocycles. The Balaban J connectivity index is 1.65. The normalized spacial score (nSPS) is 10.7. The smallest absolute Gasteiger partial charge is 0.277 e. The van der Waals surface area contributed by atoms with Crippen LogP contribution in [0.25, 0.3) is 11.5 Å². The standard InChI is InChI=1S/C16H12BrN3O2S/c17-12-6-4-10(5-7-12)14(21)9-23-16-20-19-15(22-16)11-2-1-3-13(18)8-11/h1-8H,9,18H2. The summed E-state index contributed by atoms with van der Waals surface area (Å²) in [5.74, 6) is 0.627. The van der Waals surface area contributed by atoms with Crippen LogP contribution >= 0.6 is 27.7 Å². The van der Waals surface area contributed by atoms with Gasteiger partial charge in [-0.05, 0) is 30.3 Å². The van der Waals surface area contributed by atoms with Crippen molar-refractivity contribution in [2.45, 2.75) is 5.22 Å². The van der Waals surface area contributed by atoms with E-state index in [2.05, 4.69) is 26.1 Å². The van der Waals surface area contributed by atoms with Crippen molar-refractivity contribution in [1.82, 2.24) is 10.2 Å². The van der Waals surface area contributed by atoms with Gasteiger partial charge in [-0.1, -0.05) is 45.9 Å². The highest BCUT2D eigenvalue weighted by Gasteiger charge is 2.12. The van der Waals surface area contributed by atoms with E-state index in [1.54, 1.807) is 24.3 Å². The lowest BCUT2D eigenvalue weighted by Crippen LogP contribution is -2.01. The van der Waals surface area contributed by atoms with Gasteiger partial charge in [0, 0.05) is 21.3 Å². The Hall–Kier alpha value is -2.12. The molecule has 0 spiro atoms. The molecular formula is C16H12BrN3O2S. The number of nitrogens with zero attached hydrogens (tertiary/aromatic N) is 2. The number of nitrogen functional groups attached to an aromatic ring is 1. The van der Waals surface area contributed by atoms with Crippen molar-refractivity contribution >= 4 is 39.2 Å². The minimum atomic E-state index is 0.00575. The zero-order chi connectivity index (χ0) is 16.2. The van der Waals surface area contributed by atoms with Crippen LogP contribution in [-0.4, -0.2) is 21.7 Å². The van der Waals surface area contributed by atoms with Gasteiger partial charge in [0.25, 0.3) is 5.22 Å². The molecule has 7 heteroatoms. The highest BCUT2D eigenvalue weighted by Crippen LogP contribution is 2.25. The summed E-state index contributed by atoms with van der Waals surface area (Å²) in [6.45, 7) is 0. The predicted octanol–water partition coefficient (Wildman–Crippen LogP) is 4.06. The number of nitrogens with two attached hydrogens (primary N) is 1. The van der Waals surface area contributed by atoms with Crippen LogP contribution in [0.4, 0.5) is 5.69 Å². The van der Waals surface area contributed by atoms with Gasteiger partial charge in [0.2, 0.25) is 5.89 Å². The number of Topliss-reactive ketones (excluding diaryl/α,β-unsaturated/α-hetero) is 1. The molecule has 0 atom stereocenters. The summed E-state index contributed by atoms with van der Waals surface area (Å²) in [6, 6.07) is 14.4. The van der Waals surface area contributed by atoms with Crippen molar-refractivity contribution in [3.8, 4) is 11.5 Å². The third kappa shape index (κ3) is 4.00. The molecule has 1 heterocycles. The Morgan fingerprint density at radius 3 is 2.70 bits per heavy atom. The van der Waals surface area contributed by atoms with E-state index in [0.717, 1.165) is 10.0 Å². The SMILES string of the molecule is Nc1cccc(-c2nnc(SCC(=O)c3ccc(Br)cc3)o2)c1. The molecule has 0 unspecified atom stereocenters. The first-order valence-corrected chi connectivity index (χ1v) is 8.50. The van der Waals surface area contributed by atoms with Crippen molar-refractivity contribution in [2.75, 3.05) is 11.5 Å². The predicted molar refractivity (Wildman–Crippen MR) is 93.3 cm³/mol. The number of rotatable bonds is 5. The number of hydrogen-bond acceptors (Lipinski definition) is 6. The van der Waals surface area contributed by atoms with E-state index in [1.165, 1.54) is 11.8 Å². The Kier molecular flexibility index (Phi) is 4.78. The number of ketones is 1. The summed E-state index contributed by atoms with van der Waals surface area (Å²) in [4.78, 5) is 12.1. The first-order chi connectivity index (χ1) is 11.1. The third-order valence-corrected chi connectivity index (χ3v) is 4.38. The van der Waals surface area contributed by atoms with Crippen LogP contribution in [0.15, 0.2) is 62.6 Å². The van der Waals surface area contributed by atoms with Crippen molar-refractivity contribution in [1.29, 1.82) is 0 Å². The fraction of sp³-hybridized carbons (Fsp3) is 0.0625. The molecule has 2 aromatic carbocycles. The van der Waals surface area contributed by atoms with Gasteiger partial charge in [-0.25, -0.2) is 0 Å². The maximum atomic E-state index is 12.1. The Bertz CT molecular complexity index is 833. The van der Waals surface area contributed by atoms with E-state index in [0.29, 0.717) is 22.4 Å². The fourth-order valence-corrected chi connectivity index (χ4v) is 2.82. The molecule has 23 heavy (non-hydrogen) atoms. The molecule has 0 saturated heterocycles. The summed E-state index contributed by atoms with van der Waals surface area (Å²) >= 11 is 4.56. The van der Waals surface area contributed by atoms with Crippen LogP contribution in [0, 0.1) is 0 Å². The van der Waals surface area contributed by atoms with Crippen LogP contribution in [0.5, 0.6) is 0 Å². The number of carbonyl (C=O) groups excluding carboxylic acids is 1. The molecule has 5 nitrogen and oxygen atoms in total. The van der Waals surface area contributed by atoms with E-state index in [-0.39, 0.29) is 11.5 Å². The first kappa shape index (κ1) is 15.8. The van der Waals surface area contributed by atoms with Gasteiger partial charge in [-0.15, -0.1) is 10.2 Å². The summed E-state index contributed by atoms with van der Waals surface area (Å²) in [6.07, 6.45) is 0. The van der Waals surface area contributed by atoms with Gasteiger partial charge in [-0.3, -0.25) is 4.79 Å². The second kappa shape index (κ2) is 6.97. The number of hydrogen-bond donors (Lipinski definition) is 1. The lowest BCUT2D eigenvalue weighted by atomic mass is 10.2. The van der Waals surface area contributed by atoms with Crippen LogP contribution in [0.1, 0.15) is 10.4 Å². The maximum Gasteiger partial charge on any atom is 0.277 e. The average Bonchev–Trinajstić information content (AvgIpc) is 3.02. The van der Waals surface area contributed by atoms with Gasteiger partial charge >= 0.3 is 0 Å². The minimum absolute atomic E-state index is 0.00575. The van der Waals surface area contributed by atoms with Crippen LogP contribution < -0.4 is 5.73 Å². The quantitative estimate of drug-likeness (QED) is 0.402. The Labute approximate surface area is 145 Å². The summed E-state index contributed by atoms with van der Waals surface area (Å²) in [7, 11) is 0. The molecule has 0 aliphatic heterocycles. The zero-order valence-electron chi connectivity index (χ0n) is 11.9. The second-order valence-electron chi connectivity index (χ2n) is 4.72. The van der Waals surface area contributed by atoms with E-state index < -0.39 is 0 Å². The molecule has 0 bridgehead atoms. The van der Waals surface area contributed by atoms with Gasteiger partial charge < -0.3 is 10.2 Å². The molecule has 0 aliphatic carbocycles. The minimum Gasteiger partial charge on any atom is -0.411 e. The van der Waals surface area contributed by atoms with Crippen molar-refractivity contribution in [3.63, 3.8) is 0 Å². The topological polar surface area (TPSA) is 82.0 Å². The van der Waals surface area contributed by atoms with Crippen molar-refractivity contribution in [2.24, 2.45) is 0 Å². The lowest BCUT2D eigenvalue weighted by Gasteiger charge is -1.99. The lowest BCUT2D eigenvalue weighted by molar-refractivity contribution is 0.102. The number of halogens is 1. The van der Waals surface area contributed by atoms with Gasteiger partial charge in [0.1, 0.15) is 0 Å².